The highest BCUT2D eigenvalue weighted by molar-refractivity contribution is 7.80. The number of hydrogen-bond acceptors (Lipinski definition) is 4. The Bertz CT molecular complexity index is 1290. The lowest BCUT2D eigenvalue weighted by Gasteiger charge is -2.18. The summed E-state index contributed by atoms with van der Waals surface area (Å²) < 4.78 is 0. The van der Waals surface area contributed by atoms with E-state index in [-0.39, 0.29) is 5.91 Å². The third kappa shape index (κ3) is 4.25. The number of aryl methyl sites for hydroxylation is 2. The van der Waals surface area contributed by atoms with E-state index in [2.05, 4.69) is 58.8 Å². The maximum absolute atomic E-state index is 13.2. The fraction of sp³-hybridized carbons (Fsp3) is 0.308. The molecule has 0 saturated heterocycles. The first-order valence-corrected chi connectivity index (χ1v) is 11.6. The van der Waals surface area contributed by atoms with Gasteiger partial charge in [-0.05, 0) is 73.5 Å². The lowest BCUT2D eigenvalue weighted by Crippen LogP contribution is -2.35. The number of benzene rings is 2. The average Bonchev–Trinajstić information content (AvgIpc) is 3.16. The molecular formula is C26H30N4OS. The van der Waals surface area contributed by atoms with Gasteiger partial charge in [0.25, 0.3) is 5.91 Å². The maximum atomic E-state index is 13.2. The Labute approximate surface area is 194 Å². The van der Waals surface area contributed by atoms with Crippen LogP contribution in [0.1, 0.15) is 35.3 Å². The second kappa shape index (κ2) is 9.35. The topological polar surface area (TPSA) is 61.0 Å². The molecule has 5 nitrogen and oxygen atoms in total. The van der Waals surface area contributed by atoms with Crippen LogP contribution in [0.3, 0.4) is 0 Å². The number of pyridine rings is 1. The molecule has 32 heavy (non-hydrogen) atoms. The zero-order valence-electron chi connectivity index (χ0n) is 19.1. The van der Waals surface area contributed by atoms with Crippen molar-refractivity contribution in [1.82, 2.24) is 20.2 Å². The van der Waals surface area contributed by atoms with Crippen molar-refractivity contribution in [3.63, 3.8) is 0 Å². The van der Waals surface area contributed by atoms with Crippen molar-refractivity contribution < 1.29 is 4.79 Å². The number of rotatable bonds is 7. The number of amides is 1. The molecule has 0 aliphatic rings. The number of H-pyrrole nitrogens is 1. The average molecular weight is 447 g/mol. The molecule has 4 rings (SSSR count). The third-order valence-corrected chi connectivity index (χ3v) is 6.41. The summed E-state index contributed by atoms with van der Waals surface area (Å²) in [5.41, 5.74) is 6.53. The maximum Gasteiger partial charge on any atom is 0.251 e. The van der Waals surface area contributed by atoms with Crippen LogP contribution in [0.5, 0.6) is 0 Å². The molecule has 2 N–H and O–H groups in total. The van der Waals surface area contributed by atoms with Crippen molar-refractivity contribution in [1.29, 1.82) is 0 Å². The van der Waals surface area contributed by atoms with Crippen LogP contribution in [0.25, 0.3) is 33.1 Å². The highest BCUT2D eigenvalue weighted by Gasteiger charge is 2.20. The number of likely N-dealkylation sites (N-methyl/N-ethyl adjacent to an activating group) is 1. The van der Waals surface area contributed by atoms with Gasteiger partial charge >= 0.3 is 0 Å². The van der Waals surface area contributed by atoms with E-state index >= 15 is 0 Å². The van der Waals surface area contributed by atoms with Crippen molar-refractivity contribution >= 4 is 40.5 Å². The number of aromatic nitrogens is 2. The normalized spacial score (nSPS) is 11.6. The highest BCUT2D eigenvalue weighted by atomic mass is 32.1. The molecule has 0 saturated carbocycles. The molecule has 0 aliphatic carbocycles. The number of nitrogens with one attached hydrogen (secondary N) is 2. The Morgan fingerprint density at radius 1 is 1.16 bits per heavy atom. The summed E-state index contributed by atoms with van der Waals surface area (Å²) in [7, 11) is 0. The van der Waals surface area contributed by atoms with Gasteiger partial charge in [-0.3, -0.25) is 4.79 Å². The monoisotopic (exact) mass is 446 g/mol. The van der Waals surface area contributed by atoms with Gasteiger partial charge in [0.15, 0.2) is 0 Å². The summed E-state index contributed by atoms with van der Waals surface area (Å²) >= 11 is 4.54. The van der Waals surface area contributed by atoms with Gasteiger partial charge in [-0.15, -0.1) is 12.6 Å². The van der Waals surface area contributed by atoms with Gasteiger partial charge in [0.05, 0.1) is 5.52 Å². The standard InChI is InChI=1S/C26H30N4OS/c1-5-30(6-2)11-10-27-26(31)20-14-21(18-8-7-9-19(32)13-18)23-22-12-16(3)15-28-25(22)29-24(23)17(20)4/h7-9,12-15,32H,5-6,10-11H2,1-4H3,(H,27,31)(H,28,29). The Morgan fingerprint density at radius 2 is 1.94 bits per heavy atom. The van der Waals surface area contributed by atoms with Gasteiger partial charge in [0.1, 0.15) is 5.65 Å². The van der Waals surface area contributed by atoms with E-state index in [9.17, 15) is 4.79 Å². The number of aromatic amines is 1. The van der Waals surface area contributed by atoms with Crippen molar-refractivity contribution in [2.75, 3.05) is 26.2 Å². The molecule has 0 unspecified atom stereocenters. The summed E-state index contributed by atoms with van der Waals surface area (Å²) in [6, 6.07) is 12.2. The first kappa shape index (κ1) is 22.4. The zero-order chi connectivity index (χ0) is 22.8. The molecule has 0 bridgehead atoms. The summed E-state index contributed by atoms with van der Waals surface area (Å²) in [4.78, 5) is 24.5. The van der Waals surface area contributed by atoms with Crippen LogP contribution in [-0.2, 0) is 0 Å². The number of carbonyl (C=O) groups excluding carboxylic acids is 1. The van der Waals surface area contributed by atoms with Crippen molar-refractivity contribution in [2.45, 2.75) is 32.6 Å². The van der Waals surface area contributed by atoms with Crippen molar-refractivity contribution in [3.8, 4) is 11.1 Å². The number of fused-ring (bicyclic) bond motifs is 3. The lowest BCUT2D eigenvalue weighted by atomic mass is 9.93. The van der Waals surface area contributed by atoms with Crippen LogP contribution < -0.4 is 5.32 Å². The molecule has 0 atom stereocenters. The number of carbonyl (C=O) groups is 1. The summed E-state index contributed by atoms with van der Waals surface area (Å²) in [5.74, 6) is -0.0531. The zero-order valence-corrected chi connectivity index (χ0v) is 20.0. The number of nitrogens with zero attached hydrogens (tertiary/aromatic N) is 2. The van der Waals surface area contributed by atoms with Gasteiger partial charge in [-0.25, -0.2) is 4.98 Å². The van der Waals surface area contributed by atoms with Gasteiger partial charge in [-0.1, -0.05) is 26.0 Å². The molecule has 166 valence electrons. The minimum absolute atomic E-state index is 0.0531. The fourth-order valence-electron chi connectivity index (χ4n) is 4.29. The highest BCUT2D eigenvalue weighted by Crippen LogP contribution is 2.38. The number of thiol groups is 1. The van der Waals surface area contributed by atoms with Crippen LogP contribution in [-0.4, -0.2) is 47.0 Å². The van der Waals surface area contributed by atoms with Crippen LogP contribution in [0.2, 0.25) is 0 Å². The molecule has 2 heterocycles. The molecule has 2 aromatic heterocycles. The molecule has 4 aromatic rings. The molecular weight excluding hydrogens is 416 g/mol. The SMILES string of the molecule is CCN(CC)CCNC(=O)c1cc(-c2cccc(S)c2)c2c([nH]c3ncc(C)cc32)c1C. The summed E-state index contributed by atoms with van der Waals surface area (Å²) in [6.45, 7) is 11.7. The first-order valence-electron chi connectivity index (χ1n) is 11.1. The fourth-order valence-corrected chi connectivity index (χ4v) is 4.52. The summed E-state index contributed by atoms with van der Waals surface area (Å²) in [5, 5.41) is 5.27. The first-order chi connectivity index (χ1) is 15.4. The van der Waals surface area contributed by atoms with E-state index in [1.165, 1.54) is 0 Å². The smallest absolute Gasteiger partial charge is 0.251 e. The third-order valence-electron chi connectivity index (χ3n) is 6.13. The van der Waals surface area contributed by atoms with Crippen LogP contribution >= 0.6 is 12.6 Å². The predicted octanol–water partition coefficient (Wildman–Crippen LogP) is 5.36. The second-order valence-corrected chi connectivity index (χ2v) is 8.73. The Hall–Kier alpha value is -2.83. The van der Waals surface area contributed by atoms with E-state index in [1.54, 1.807) is 0 Å². The largest absolute Gasteiger partial charge is 0.351 e. The van der Waals surface area contributed by atoms with Gasteiger partial charge in [-0.2, -0.15) is 0 Å². The minimum atomic E-state index is -0.0531. The van der Waals surface area contributed by atoms with Crippen LogP contribution in [0, 0.1) is 13.8 Å². The second-order valence-electron chi connectivity index (χ2n) is 8.21. The predicted molar refractivity (Wildman–Crippen MR) is 136 cm³/mol. The molecule has 0 aliphatic heterocycles. The lowest BCUT2D eigenvalue weighted by molar-refractivity contribution is 0.0948. The Kier molecular flexibility index (Phi) is 6.53. The summed E-state index contributed by atoms with van der Waals surface area (Å²) in [6.07, 6.45) is 1.86. The van der Waals surface area contributed by atoms with E-state index in [4.69, 9.17) is 0 Å². The Balaban J connectivity index is 1.85. The molecule has 0 radical (unpaired) electrons. The molecule has 2 aromatic carbocycles. The van der Waals surface area contributed by atoms with E-state index in [1.807, 2.05) is 44.3 Å². The number of hydrogen-bond donors (Lipinski definition) is 3. The van der Waals surface area contributed by atoms with Gasteiger partial charge in [0.2, 0.25) is 0 Å². The minimum Gasteiger partial charge on any atom is -0.351 e. The molecule has 1 amide bonds. The van der Waals surface area contributed by atoms with Gasteiger partial charge < -0.3 is 15.2 Å². The Morgan fingerprint density at radius 3 is 2.66 bits per heavy atom. The molecule has 0 spiro atoms. The van der Waals surface area contributed by atoms with Gasteiger partial charge in [0, 0.05) is 40.5 Å². The van der Waals surface area contributed by atoms with Crippen molar-refractivity contribution in [2.24, 2.45) is 0 Å². The molecule has 0 fully saturated rings. The van der Waals surface area contributed by atoms with Crippen LogP contribution in [0.15, 0.2) is 47.5 Å². The quantitative estimate of drug-likeness (QED) is 0.335. The van der Waals surface area contributed by atoms with E-state index in [0.717, 1.165) is 68.7 Å². The van der Waals surface area contributed by atoms with Crippen LogP contribution in [0.4, 0.5) is 0 Å². The van der Waals surface area contributed by atoms with E-state index < -0.39 is 0 Å². The van der Waals surface area contributed by atoms with E-state index in [0.29, 0.717) is 12.1 Å². The van der Waals surface area contributed by atoms with Crippen molar-refractivity contribution in [3.05, 3.63) is 59.3 Å². The molecule has 6 heteroatoms.